The van der Waals surface area contributed by atoms with Crippen LogP contribution in [0.2, 0.25) is 0 Å². The first-order valence-electron chi connectivity index (χ1n) is 6.14. The van der Waals surface area contributed by atoms with Crippen molar-refractivity contribution >= 4 is 17.6 Å². The first-order chi connectivity index (χ1) is 9.24. The number of hydrogen-bond acceptors (Lipinski definition) is 5. The lowest BCUT2D eigenvalue weighted by Gasteiger charge is -2.19. The highest BCUT2D eigenvalue weighted by atomic mass is 16.6. The van der Waals surface area contributed by atoms with Crippen molar-refractivity contribution in [3.8, 4) is 5.75 Å². The molecule has 0 aliphatic carbocycles. The second-order valence-corrected chi connectivity index (χ2v) is 5.02. The summed E-state index contributed by atoms with van der Waals surface area (Å²) < 4.78 is 9.74. The van der Waals surface area contributed by atoms with Crippen LogP contribution in [0.5, 0.6) is 5.75 Å². The minimum absolute atomic E-state index is 0.155. The molecule has 6 heteroatoms. The van der Waals surface area contributed by atoms with Crippen LogP contribution >= 0.6 is 0 Å². The zero-order valence-corrected chi connectivity index (χ0v) is 12.1. The standard InChI is InChI=1S/C14H20N2O4/c1-9-7-10(20-8-12(17)19-4)5-6-11(9)16-13(18)14(2,3)15/h5-7H,8,15H2,1-4H3,(H,16,18). The molecule has 0 aliphatic rings. The Morgan fingerprint density at radius 2 is 2.00 bits per heavy atom. The first kappa shape index (κ1) is 16.0. The maximum absolute atomic E-state index is 11.8. The van der Waals surface area contributed by atoms with Crippen molar-refractivity contribution in [2.45, 2.75) is 26.3 Å². The number of rotatable bonds is 5. The third-order valence-corrected chi connectivity index (χ3v) is 2.62. The van der Waals surface area contributed by atoms with Crippen LogP contribution in [-0.2, 0) is 14.3 Å². The van der Waals surface area contributed by atoms with Crippen molar-refractivity contribution < 1.29 is 19.1 Å². The van der Waals surface area contributed by atoms with E-state index in [0.717, 1.165) is 5.56 Å². The minimum atomic E-state index is -0.952. The normalized spacial score (nSPS) is 10.8. The summed E-state index contributed by atoms with van der Waals surface area (Å²) in [7, 11) is 1.30. The highest BCUT2D eigenvalue weighted by molar-refractivity contribution is 5.97. The van der Waals surface area contributed by atoms with E-state index in [4.69, 9.17) is 10.5 Å². The highest BCUT2D eigenvalue weighted by Gasteiger charge is 2.22. The van der Waals surface area contributed by atoms with Gasteiger partial charge in [-0.1, -0.05) is 0 Å². The molecule has 0 atom stereocenters. The number of amides is 1. The van der Waals surface area contributed by atoms with Gasteiger partial charge >= 0.3 is 5.97 Å². The fourth-order valence-electron chi connectivity index (χ4n) is 1.35. The molecule has 0 bridgehead atoms. The van der Waals surface area contributed by atoms with Crippen LogP contribution in [0.15, 0.2) is 18.2 Å². The minimum Gasteiger partial charge on any atom is -0.482 e. The lowest BCUT2D eigenvalue weighted by molar-refractivity contribution is -0.142. The summed E-state index contributed by atoms with van der Waals surface area (Å²) in [5.41, 5.74) is 6.23. The second-order valence-electron chi connectivity index (χ2n) is 5.02. The van der Waals surface area contributed by atoms with Crippen molar-refractivity contribution in [1.82, 2.24) is 0 Å². The summed E-state index contributed by atoms with van der Waals surface area (Å²) in [5.74, 6) is -0.202. The fraction of sp³-hybridized carbons (Fsp3) is 0.429. The van der Waals surface area contributed by atoms with Gasteiger partial charge in [-0.2, -0.15) is 0 Å². The quantitative estimate of drug-likeness (QED) is 0.791. The molecule has 110 valence electrons. The number of nitrogens with one attached hydrogen (secondary N) is 1. The molecule has 1 rings (SSSR count). The van der Waals surface area contributed by atoms with E-state index in [9.17, 15) is 9.59 Å². The van der Waals surface area contributed by atoms with Gasteiger partial charge in [0, 0.05) is 5.69 Å². The van der Waals surface area contributed by atoms with Crippen LogP contribution in [0.25, 0.3) is 0 Å². The SMILES string of the molecule is COC(=O)COc1ccc(NC(=O)C(C)(C)N)c(C)c1. The number of ether oxygens (including phenoxy) is 2. The molecule has 0 fully saturated rings. The van der Waals surface area contributed by atoms with Gasteiger partial charge in [-0.05, 0) is 44.5 Å². The van der Waals surface area contributed by atoms with Gasteiger partial charge < -0.3 is 20.5 Å². The van der Waals surface area contributed by atoms with Crippen molar-refractivity contribution in [3.05, 3.63) is 23.8 Å². The van der Waals surface area contributed by atoms with Gasteiger partial charge in [-0.25, -0.2) is 4.79 Å². The molecule has 20 heavy (non-hydrogen) atoms. The van der Waals surface area contributed by atoms with Crippen molar-refractivity contribution in [1.29, 1.82) is 0 Å². The molecule has 1 amide bonds. The molecule has 0 saturated heterocycles. The summed E-state index contributed by atoms with van der Waals surface area (Å²) in [6.07, 6.45) is 0. The molecular formula is C14H20N2O4. The summed E-state index contributed by atoms with van der Waals surface area (Å²) >= 11 is 0. The van der Waals surface area contributed by atoms with E-state index in [2.05, 4.69) is 10.1 Å². The molecule has 0 heterocycles. The molecule has 0 unspecified atom stereocenters. The average molecular weight is 280 g/mol. The van der Waals surface area contributed by atoms with Crippen molar-refractivity contribution in [3.63, 3.8) is 0 Å². The summed E-state index contributed by atoms with van der Waals surface area (Å²) in [6.45, 7) is 4.93. The average Bonchev–Trinajstić information content (AvgIpc) is 2.37. The fourth-order valence-corrected chi connectivity index (χ4v) is 1.35. The summed E-state index contributed by atoms with van der Waals surface area (Å²) in [5, 5.41) is 2.74. The predicted octanol–water partition coefficient (Wildman–Crippen LogP) is 1.22. The number of methoxy groups -OCH3 is 1. The van der Waals surface area contributed by atoms with E-state index in [1.165, 1.54) is 7.11 Å². The van der Waals surface area contributed by atoms with E-state index in [1.54, 1.807) is 32.0 Å². The molecule has 0 radical (unpaired) electrons. The largest absolute Gasteiger partial charge is 0.482 e. The first-order valence-corrected chi connectivity index (χ1v) is 6.14. The van der Waals surface area contributed by atoms with Crippen LogP contribution in [0.1, 0.15) is 19.4 Å². The Kier molecular flexibility index (Phi) is 5.10. The molecular weight excluding hydrogens is 260 g/mol. The van der Waals surface area contributed by atoms with Crippen LogP contribution in [0.3, 0.4) is 0 Å². The number of anilines is 1. The molecule has 6 nitrogen and oxygen atoms in total. The Balaban J connectivity index is 2.73. The van der Waals surface area contributed by atoms with Gasteiger partial charge in [0.25, 0.3) is 0 Å². The van der Waals surface area contributed by atoms with Gasteiger partial charge in [0.05, 0.1) is 12.6 Å². The summed E-state index contributed by atoms with van der Waals surface area (Å²) in [4.78, 5) is 22.8. The van der Waals surface area contributed by atoms with E-state index < -0.39 is 11.5 Å². The van der Waals surface area contributed by atoms with Gasteiger partial charge in [-0.3, -0.25) is 4.79 Å². The van der Waals surface area contributed by atoms with Crippen molar-refractivity contribution in [2.75, 3.05) is 19.0 Å². The zero-order chi connectivity index (χ0) is 15.3. The Hall–Kier alpha value is -2.08. The Morgan fingerprint density at radius 1 is 1.35 bits per heavy atom. The predicted molar refractivity (Wildman–Crippen MR) is 75.6 cm³/mol. The molecule has 0 spiro atoms. The molecule has 0 aliphatic heterocycles. The van der Waals surface area contributed by atoms with Gasteiger partial charge in [0.1, 0.15) is 5.75 Å². The Labute approximate surface area is 118 Å². The third kappa shape index (κ3) is 4.55. The van der Waals surface area contributed by atoms with Crippen molar-refractivity contribution in [2.24, 2.45) is 5.73 Å². The highest BCUT2D eigenvalue weighted by Crippen LogP contribution is 2.22. The van der Waals surface area contributed by atoms with E-state index in [0.29, 0.717) is 11.4 Å². The van der Waals surface area contributed by atoms with Crippen LogP contribution in [0, 0.1) is 6.92 Å². The third-order valence-electron chi connectivity index (χ3n) is 2.62. The number of carbonyl (C=O) groups excluding carboxylic acids is 2. The van der Waals surface area contributed by atoms with Crippen LogP contribution in [-0.4, -0.2) is 31.1 Å². The summed E-state index contributed by atoms with van der Waals surface area (Å²) in [6, 6.07) is 5.09. The molecule has 0 saturated carbocycles. The van der Waals surface area contributed by atoms with Gasteiger partial charge in [-0.15, -0.1) is 0 Å². The van der Waals surface area contributed by atoms with Gasteiger partial charge in [0.2, 0.25) is 5.91 Å². The number of benzene rings is 1. The Bertz CT molecular complexity index is 506. The molecule has 1 aromatic carbocycles. The monoisotopic (exact) mass is 280 g/mol. The number of aryl methyl sites for hydroxylation is 1. The molecule has 1 aromatic rings. The lowest BCUT2D eigenvalue weighted by Crippen LogP contribution is -2.45. The number of hydrogen-bond donors (Lipinski definition) is 2. The topological polar surface area (TPSA) is 90.6 Å². The van der Waals surface area contributed by atoms with E-state index >= 15 is 0 Å². The number of carbonyl (C=O) groups is 2. The van der Waals surface area contributed by atoms with E-state index in [1.807, 2.05) is 6.92 Å². The zero-order valence-electron chi connectivity index (χ0n) is 12.1. The second kappa shape index (κ2) is 6.38. The number of esters is 1. The molecule has 3 N–H and O–H groups in total. The van der Waals surface area contributed by atoms with Gasteiger partial charge in [0.15, 0.2) is 6.61 Å². The van der Waals surface area contributed by atoms with Crippen LogP contribution < -0.4 is 15.8 Å². The van der Waals surface area contributed by atoms with E-state index in [-0.39, 0.29) is 12.5 Å². The smallest absolute Gasteiger partial charge is 0.343 e. The van der Waals surface area contributed by atoms with Crippen LogP contribution in [0.4, 0.5) is 5.69 Å². The molecule has 0 aromatic heterocycles. The lowest BCUT2D eigenvalue weighted by atomic mass is 10.1. The Morgan fingerprint density at radius 3 is 2.50 bits per heavy atom. The maximum atomic E-state index is 11.8. The number of nitrogens with two attached hydrogens (primary N) is 1. The maximum Gasteiger partial charge on any atom is 0.343 e.